The summed E-state index contributed by atoms with van der Waals surface area (Å²) in [5.41, 5.74) is 20.5. The SMILES string of the molecule is Cc1c(C)c(C)c2sc3c(-n4c5ccccc5c5ccccc54)c4sc5c(C)c(C)c(C)c(C)c5sc4c(-n4c5c(c6ccccc64)C=CCC5)c3sc2c1C. The standard InChI is InChI=1S/C50H42N2S4/c1-25-26(2)30(6)44-43(29(25)5)53-47-41(51-37-21-13-9-17-33(37)34-18-10-14-22-38(34)51)49-50(56-46-32(8)28(4)27(3)31(7)45(46)55-49)42(48(47)54-44)52-39-23-15-11-19-35(39)36-20-12-16-24-40(36)52/h9-15,17-23H,16,24H2,1-8H3. The zero-order chi connectivity index (χ0) is 38.3. The molecule has 0 spiro atoms. The van der Waals surface area contributed by atoms with Crippen LogP contribution in [0, 0.1) is 55.4 Å². The van der Waals surface area contributed by atoms with Gasteiger partial charge in [0.25, 0.3) is 0 Å². The van der Waals surface area contributed by atoms with Gasteiger partial charge in [0.2, 0.25) is 0 Å². The highest BCUT2D eigenvalue weighted by Crippen LogP contribution is 2.54. The number of allylic oxidation sites excluding steroid dienone is 1. The number of rotatable bonds is 2. The van der Waals surface area contributed by atoms with Crippen molar-refractivity contribution in [2.24, 2.45) is 0 Å². The Hall–Kier alpha value is -4.72. The summed E-state index contributed by atoms with van der Waals surface area (Å²) < 4.78 is 16.4. The van der Waals surface area contributed by atoms with E-state index in [-0.39, 0.29) is 0 Å². The van der Waals surface area contributed by atoms with Crippen molar-refractivity contribution in [3.63, 3.8) is 0 Å². The topological polar surface area (TPSA) is 9.86 Å². The highest BCUT2D eigenvalue weighted by molar-refractivity contribution is 7.40. The minimum Gasteiger partial charge on any atom is -0.310 e. The summed E-state index contributed by atoms with van der Waals surface area (Å²) in [6, 6.07) is 27.2. The molecular weight excluding hydrogens is 757 g/mol. The fourth-order valence-corrected chi connectivity index (χ4v) is 15.5. The van der Waals surface area contributed by atoms with Crippen LogP contribution in [0.15, 0.2) is 78.9 Å². The lowest BCUT2D eigenvalue weighted by Gasteiger charge is -2.23. The normalized spacial score (nSPS) is 13.1. The Morgan fingerprint density at radius 2 is 0.750 bits per heavy atom. The lowest BCUT2D eigenvalue weighted by molar-refractivity contribution is 0.895. The lowest BCUT2D eigenvalue weighted by Crippen LogP contribution is -2.06. The van der Waals surface area contributed by atoms with Crippen molar-refractivity contribution in [3.05, 3.63) is 135 Å². The van der Waals surface area contributed by atoms with Crippen molar-refractivity contribution in [1.29, 1.82) is 0 Å². The van der Waals surface area contributed by atoms with Crippen molar-refractivity contribution < 1.29 is 0 Å². The summed E-state index contributed by atoms with van der Waals surface area (Å²) >= 11 is 8.08. The van der Waals surface area contributed by atoms with Gasteiger partial charge in [0.1, 0.15) is 0 Å². The van der Waals surface area contributed by atoms with E-state index in [1.165, 1.54) is 137 Å². The number of aryl methyl sites for hydroxylation is 4. The zero-order valence-electron chi connectivity index (χ0n) is 33.0. The predicted octanol–water partition coefficient (Wildman–Crippen LogP) is 16.1. The molecule has 276 valence electrons. The molecular formula is C50H42N2S4. The van der Waals surface area contributed by atoms with Gasteiger partial charge >= 0.3 is 0 Å². The molecule has 4 heterocycles. The van der Waals surface area contributed by atoms with E-state index in [9.17, 15) is 0 Å². The van der Waals surface area contributed by atoms with Crippen LogP contribution in [0.25, 0.3) is 87.8 Å². The summed E-state index contributed by atoms with van der Waals surface area (Å²) in [5.74, 6) is 0. The molecule has 0 N–H and O–H groups in total. The summed E-state index contributed by atoms with van der Waals surface area (Å²) in [6.07, 6.45) is 6.83. The third kappa shape index (κ3) is 4.53. The smallest absolute Gasteiger partial charge is 0.0838 e. The Bertz CT molecular complexity index is 3280. The summed E-state index contributed by atoms with van der Waals surface area (Å²) in [5, 5.41) is 3.94. The van der Waals surface area contributed by atoms with Gasteiger partial charge in [-0.15, -0.1) is 45.3 Å². The van der Waals surface area contributed by atoms with Crippen molar-refractivity contribution in [2.75, 3.05) is 0 Å². The average molecular weight is 799 g/mol. The second-order valence-electron chi connectivity index (χ2n) is 15.8. The van der Waals surface area contributed by atoms with E-state index in [1.807, 2.05) is 45.3 Å². The van der Waals surface area contributed by atoms with Gasteiger partial charge in [-0.05, 0) is 131 Å². The maximum Gasteiger partial charge on any atom is 0.0838 e. The summed E-state index contributed by atoms with van der Waals surface area (Å²) in [7, 11) is 0. The number of hydrogen-bond acceptors (Lipinski definition) is 4. The van der Waals surface area contributed by atoms with E-state index in [4.69, 9.17) is 0 Å². The Kier molecular flexibility index (Phi) is 7.64. The Labute approximate surface area is 342 Å². The third-order valence-electron chi connectivity index (χ3n) is 13.1. The second kappa shape index (κ2) is 12.4. The number of nitrogens with zero attached hydrogens (tertiary/aromatic N) is 2. The van der Waals surface area contributed by atoms with Gasteiger partial charge in [-0.3, -0.25) is 0 Å². The molecule has 0 aliphatic heterocycles. The fraction of sp³-hybridized carbons (Fsp3) is 0.200. The number of benzene rings is 6. The maximum atomic E-state index is 2.70. The first-order chi connectivity index (χ1) is 27.2. The number of fused-ring (bicyclic) bond motifs is 10. The van der Waals surface area contributed by atoms with Crippen molar-refractivity contribution in [3.8, 4) is 11.4 Å². The van der Waals surface area contributed by atoms with Gasteiger partial charge < -0.3 is 9.13 Å². The highest BCUT2D eigenvalue weighted by atomic mass is 32.1. The zero-order valence-corrected chi connectivity index (χ0v) is 36.3. The predicted molar refractivity (Wildman–Crippen MR) is 252 cm³/mol. The van der Waals surface area contributed by atoms with Gasteiger partial charge in [0.15, 0.2) is 0 Å². The molecule has 11 rings (SSSR count). The molecule has 0 amide bonds. The first-order valence-electron chi connectivity index (χ1n) is 19.6. The number of aromatic nitrogens is 2. The molecule has 56 heavy (non-hydrogen) atoms. The van der Waals surface area contributed by atoms with Crippen LogP contribution in [0.1, 0.15) is 62.2 Å². The maximum absolute atomic E-state index is 2.70. The number of para-hydroxylation sites is 3. The van der Waals surface area contributed by atoms with E-state index < -0.39 is 0 Å². The molecule has 0 saturated heterocycles. The second-order valence-corrected chi connectivity index (χ2v) is 19.8. The summed E-state index contributed by atoms with van der Waals surface area (Å²) in [6.45, 7) is 18.7. The third-order valence-corrected chi connectivity index (χ3v) is 18.9. The number of hydrogen-bond donors (Lipinski definition) is 0. The molecule has 6 aromatic carbocycles. The molecule has 6 heteroatoms. The molecule has 1 aliphatic carbocycles. The Balaban J connectivity index is 1.49. The van der Waals surface area contributed by atoms with Gasteiger partial charge in [-0.2, -0.15) is 0 Å². The lowest BCUT2D eigenvalue weighted by atomic mass is 10.00. The van der Waals surface area contributed by atoms with Gasteiger partial charge in [0, 0.05) is 46.2 Å². The van der Waals surface area contributed by atoms with Gasteiger partial charge in [-0.1, -0.05) is 66.7 Å². The van der Waals surface area contributed by atoms with Crippen LogP contribution in [0.3, 0.4) is 0 Å². The van der Waals surface area contributed by atoms with E-state index in [0.717, 1.165) is 12.8 Å². The van der Waals surface area contributed by atoms with E-state index in [1.54, 1.807) is 0 Å². The van der Waals surface area contributed by atoms with Crippen LogP contribution >= 0.6 is 45.3 Å². The van der Waals surface area contributed by atoms with Crippen LogP contribution in [0.5, 0.6) is 0 Å². The van der Waals surface area contributed by atoms with E-state index in [0.29, 0.717) is 0 Å². The van der Waals surface area contributed by atoms with Crippen molar-refractivity contribution in [1.82, 2.24) is 9.13 Å². The first-order valence-corrected chi connectivity index (χ1v) is 22.9. The quantitative estimate of drug-likeness (QED) is 0.154. The van der Waals surface area contributed by atoms with Crippen LogP contribution in [0.4, 0.5) is 0 Å². The molecule has 0 fully saturated rings. The van der Waals surface area contributed by atoms with Gasteiger partial charge in [-0.25, -0.2) is 0 Å². The average Bonchev–Trinajstić information content (AvgIpc) is 3.74. The van der Waals surface area contributed by atoms with Crippen molar-refractivity contribution >= 4 is 122 Å². The molecule has 2 nitrogen and oxygen atoms in total. The molecule has 4 aromatic heterocycles. The van der Waals surface area contributed by atoms with E-state index in [2.05, 4.69) is 149 Å². The van der Waals surface area contributed by atoms with Crippen LogP contribution in [0.2, 0.25) is 0 Å². The van der Waals surface area contributed by atoms with E-state index >= 15 is 0 Å². The van der Waals surface area contributed by atoms with Crippen LogP contribution in [-0.4, -0.2) is 9.13 Å². The Morgan fingerprint density at radius 1 is 0.393 bits per heavy atom. The molecule has 0 atom stereocenters. The minimum atomic E-state index is 1.02. The van der Waals surface area contributed by atoms with Crippen LogP contribution < -0.4 is 0 Å². The monoisotopic (exact) mass is 798 g/mol. The minimum absolute atomic E-state index is 1.02. The highest BCUT2D eigenvalue weighted by Gasteiger charge is 2.29. The first kappa shape index (κ1) is 34.5. The molecule has 0 unspecified atom stereocenters. The molecule has 0 bridgehead atoms. The molecule has 0 saturated carbocycles. The Morgan fingerprint density at radius 3 is 1.18 bits per heavy atom. The summed E-state index contributed by atoms with van der Waals surface area (Å²) in [4.78, 5) is 0. The fourth-order valence-electron chi connectivity index (χ4n) is 9.40. The molecule has 0 radical (unpaired) electrons. The van der Waals surface area contributed by atoms with Gasteiger partial charge in [0.05, 0.1) is 46.7 Å². The molecule has 1 aliphatic rings. The largest absolute Gasteiger partial charge is 0.310 e. The molecule has 10 aromatic rings. The van der Waals surface area contributed by atoms with Crippen molar-refractivity contribution in [2.45, 2.75) is 68.2 Å². The van der Waals surface area contributed by atoms with Crippen LogP contribution in [-0.2, 0) is 6.42 Å².